The van der Waals surface area contributed by atoms with Gasteiger partial charge in [-0.25, -0.2) is 4.39 Å². The molecule has 0 aromatic heterocycles. The first kappa shape index (κ1) is 14.0. The van der Waals surface area contributed by atoms with Gasteiger partial charge in [-0.1, -0.05) is 18.2 Å². The van der Waals surface area contributed by atoms with E-state index in [0.717, 1.165) is 51.3 Å². The molecule has 0 spiro atoms. The normalized spacial score (nSPS) is 17.3. The van der Waals surface area contributed by atoms with Crippen molar-refractivity contribution in [2.24, 2.45) is 0 Å². The first-order valence-corrected chi connectivity index (χ1v) is 6.84. The van der Waals surface area contributed by atoms with E-state index in [1.54, 1.807) is 6.07 Å². The number of hydrogen-bond acceptors (Lipinski definition) is 3. The number of hydrogen-bond donors (Lipinski definition) is 0. The van der Waals surface area contributed by atoms with Gasteiger partial charge in [0.1, 0.15) is 5.82 Å². The third kappa shape index (κ3) is 4.30. The van der Waals surface area contributed by atoms with Crippen molar-refractivity contribution in [1.29, 1.82) is 5.26 Å². The van der Waals surface area contributed by atoms with E-state index >= 15 is 0 Å². The molecule has 4 heteroatoms. The Morgan fingerprint density at radius 2 is 1.68 bits per heavy atom. The third-order valence-electron chi connectivity index (χ3n) is 3.66. The largest absolute Gasteiger partial charge is 0.300 e. The minimum absolute atomic E-state index is 0.102. The summed E-state index contributed by atoms with van der Waals surface area (Å²) >= 11 is 0. The summed E-state index contributed by atoms with van der Waals surface area (Å²) in [6, 6.07) is 9.18. The molecule has 0 radical (unpaired) electrons. The molecule has 2 rings (SSSR count). The number of nitrogens with zero attached hydrogens (tertiary/aromatic N) is 3. The van der Waals surface area contributed by atoms with Crippen molar-refractivity contribution in [3.8, 4) is 6.07 Å². The molecule has 0 atom stereocenters. The monoisotopic (exact) mass is 261 g/mol. The van der Waals surface area contributed by atoms with Crippen LogP contribution in [-0.4, -0.2) is 49.1 Å². The van der Waals surface area contributed by atoms with E-state index in [9.17, 15) is 4.39 Å². The fourth-order valence-electron chi connectivity index (χ4n) is 2.42. The van der Waals surface area contributed by atoms with Crippen molar-refractivity contribution in [2.45, 2.75) is 12.8 Å². The van der Waals surface area contributed by atoms with Gasteiger partial charge in [0.15, 0.2) is 0 Å². The molecule has 1 aromatic rings. The Hall–Kier alpha value is -1.44. The zero-order chi connectivity index (χ0) is 13.5. The first-order chi connectivity index (χ1) is 9.29. The number of nitriles is 1. The maximum atomic E-state index is 13.5. The van der Waals surface area contributed by atoms with Crippen LogP contribution in [0.2, 0.25) is 0 Å². The minimum atomic E-state index is -0.102. The van der Waals surface area contributed by atoms with Crippen LogP contribution in [-0.2, 0) is 6.42 Å². The van der Waals surface area contributed by atoms with Crippen molar-refractivity contribution in [3.05, 3.63) is 35.6 Å². The lowest BCUT2D eigenvalue weighted by Gasteiger charge is -2.34. The standard InChI is InChI=1S/C15H20FN3/c16-15-5-2-1-4-14(15)6-9-19-12-10-18(11-13-19)8-3-7-17/h1-2,4-5H,3,6,8-13H2. The van der Waals surface area contributed by atoms with Crippen molar-refractivity contribution in [3.63, 3.8) is 0 Å². The Morgan fingerprint density at radius 1 is 1.05 bits per heavy atom. The maximum absolute atomic E-state index is 13.5. The lowest BCUT2D eigenvalue weighted by atomic mass is 10.1. The molecule has 0 saturated carbocycles. The number of benzene rings is 1. The lowest BCUT2D eigenvalue weighted by Crippen LogP contribution is -2.47. The van der Waals surface area contributed by atoms with Crippen LogP contribution in [0.4, 0.5) is 4.39 Å². The van der Waals surface area contributed by atoms with Gasteiger partial charge in [0, 0.05) is 45.7 Å². The highest BCUT2D eigenvalue weighted by Gasteiger charge is 2.16. The molecular formula is C15H20FN3. The fraction of sp³-hybridized carbons (Fsp3) is 0.533. The molecule has 102 valence electrons. The molecule has 0 amide bonds. The fourth-order valence-corrected chi connectivity index (χ4v) is 2.42. The van der Waals surface area contributed by atoms with Crippen LogP contribution in [0.1, 0.15) is 12.0 Å². The summed E-state index contributed by atoms with van der Waals surface area (Å²) in [6.45, 7) is 5.84. The first-order valence-electron chi connectivity index (χ1n) is 6.84. The smallest absolute Gasteiger partial charge is 0.126 e. The summed E-state index contributed by atoms with van der Waals surface area (Å²) in [6.07, 6.45) is 1.38. The van der Waals surface area contributed by atoms with Crippen LogP contribution in [0, 0.1) is 17.1 Å². The second kappa shape index (κ2) is 7.22. The number of piperazine rings is 1. The Bertz CT molecular complexity index is 433. The van der Waals surface area contributed by atoms with E-state index < -0.39 is 0 Å². The van der Waals surface area contributed by atoms with Crippen LogP contribution in [0.15, 0.2) is 24.3 Å². The van der Waals surface area contributed by atoms with E-state index in [1.807, 2.05) is 12.1 Å². The summed E-state index contributed by atoms with van der Waals surface area (Å²) in [4.78, 5) is 4.69. The van der Waals surface area contributed by atoms with Gasteiger partial charge in [0.05, 0.1) is 6.07 Å². The SMILES string of the molecule is N#CCCN1CCN(CCc2ccccc2F)CC1. The second-order valence-electron chi connectivity index (χ2n) is 4.93. The molecule has 3 nitrogen and oxygen atoms in total. The molecule has 0 N–H and O–H groups in total. The summed E-state index contributed by atoms with van der Waals surface area (Å²) in [5, 5.41) is 8.56. The molecule has 0 bridgehead atoms. The van der Waals surface area contributed by atoms with Crippen LogP contribution in [0.5, 0.6) is 0 Å². The molecule has 1 saturated heterocycles. The van der Waals surface area contributed by atoms with Crippen LogP contribution >= 0.6 is 0 Å². The minimum Gasteiger partial charge on any atom is -0.300 e. The summed E-state index contributed by atoms with van der Waals surface area (Å²) in [5.74, 6) is -0.102. The molecule has 1 aliphatic rings. The zero-order valence-corrected chi connectivity index (χ0v) is 11.2. The van der Waals surface area contributed by atoms with Crippen molar-refractivity contribution >= 4 is 0 Å². The Labute approximate surface area is 114 Å². The van der Waals surface area contributed by atoms with Gasteiger partial charge in [-0.3, -0.25) is 4.90 Å². The van der Waals surface area contributed by atoms with E-state index in [-0.39, 0.29) is 5.82 Å². The summed E-state index contributed by atoms with van der Waals surface area (Å²) < 4.78 is 13.5. The molecule has 1 aliphatic heterocycles. The van der Waals surface area contributed by atoms with Crippen LogP contribution in [0.3, 0.4) is 0 Å². The van der Waals surface area contributed by atoms with Gasteiger partial charge in [-0.15, -0.1) is 0 Å². The average molecular weight is 261 g/mol. The van der Waals surface area contributed by atoms with Gasteiger partial charge in [0.25, 0.3) is 0 Å². The third-order valence-corrected chi connectivity index (χ3v) is 3.66. The van der Waals surface area contributed by atoms with Crippen LogP contribution < -0.4 is 0 Å². The average Bonchev–Trinajstić information content (AvgIpc) is 2.45. The topological polar surface area (TPSA) is 30.3 Å². The summed E-state index contributed by atoms with van der Waals surface area (Å²) in [7, 11) is 0. The molecule has 0 unspecified atom stereocenters. The summed E-state index contributed by atoms with van der Waals surface area (Å²) in [5.41, 5.74) is 0.800. The Balaban J connectivity index is 1.72. The lowest BCUT2D eigenvalue weighted by molar-refractivity contribution is 0.135. The van der Waals surface area contributed by atoms with Gasteiger partial charge in [-0.05, 0) is 18.1 Å². The van der Waals surface area contributed by atoms with Crippen molar-refractivity contribution < 1.29 is 4.39 Å². The predicted molar refractivity (Wildman–Crippen MR) is 73.2 cm³/mol. The zero-order valence-electron chi connectivity index (χ0n) is 11.2. The molecule has 0 aliphatic carbocycles. The maximum Gasteiger partial charge on any atom is 0.126 e. The van der Waals surface area contributed by atoms with E-state index in [4.69, 9.17) is 5.26 Å². The van der Waals surface area contributed by atoms with Gasteiger partial charge in [-0.2, -0.15) is 5.26 Å². The predicted octanol–water partition coefficient (Wildman–Crippen LogP) is 1.90. The Morgan fingerprint density at radius 3 is 2.32 bits per heavy atom. The van der Waals surface area contributed by atoms with Crippen molar-refractivity contribution in [2.75, 3.05) is 39.3 Å². The van der Waals surface area contributed by atoms with Crippen molar-refractivity contribution in [1.82, 2.24) is 9.80 Å². The second-order valence-corrected chi connectivity index (χ2v) is 4.93. The number of rotatable bonds is 5. The molecular weight excluding hydrogens is 241 g/mol. The van der Waals surface area contributed by atoms with E-state index in [0.29, 0.717) is 6.42 Å². The van der Waals surface area contributed by atoms with Crippen LogP contribution in [0.25, 0.3) is 0 Å². The molecule has 1 fully saturated rings. The molecule has 1 aromatic carbocycles. The Kier molecular flexibility index (Phi) is 5.31. The highest BCUT2D eigenvalue weighted by Crippen LogP contribution is 2.09. The van der Waals surface area contributed by atoms with E-state index in [2.05, 4.69) is 15.9 Å². The van der Waals surface area contributed by atoms with Gasteiger partial charge in [0.2, 0.25) is 0 Å². The molecule has 1 heterocycles. The number of halogens is 1. The van der Waals surface area contributed by atoms with Gasteiger partial charge < -0.3 is 4.90 Å². The van der Waals surface area contributed by atoms with Gasteiger partial charge >= 0.3 is 0 Å². The van der Waals surface area contributed by atoms with E-state index in [1.165, 1.54) is 6.07 Å². The quantitative estimate of drug-likeness (QED) is 0.811. The highest BCUT2D eigenvalue weighted by atomic mass is 19.1. The highest BCUT2D eigenvalue weighted by molar-refractivity contribution is 5.17. The molecule has 19 heavy (non-hydrogen) atoms.